The van der Waals surface area contributed by atoms with Crippen molar-refractivity contribution >= 4 is 11.8 Å². The predicted octanol–water partition coefficient (Wildman–Crippen LogP) is 1.21. The molecule has 0 bridgehead atoms. The third-order valence-corrected chi connectivity index (χ3v) is 4.92. The molecule has 0 aromatic heterocycles. The molecule has 3 atom stereocenters. The fourth-order valence-corrected chi connectivity index (χ4v) is 3.47. The third kappa shape index (κ3) is 3.76. The van der Waals surface area contributed by atoms with Crippen molar-refractivity contribution in [1.82, 2.24) is 21.5 Å². The average molecular weight is 364 g/mol. The van der Waals surface area contributed by atoms with Crippen LogP contribution in [0.5, 0.6) is 0 Å². The van der Waals surface area contributed by atoms with Gasteiger partial charge in [-0.1, -0.05) is 6.07 Å². The van der Waals surface area contributed by atoms with Crippen molar-refractivity contribution in [2.75, 3.05) is 6.54 Å². The number of halogens is 2. The standard InChI is InChI=1S/C18H22F2N4O2/c1-9-13(18(26)23-15-5-6-21-24-17(9)15)8-16(25)22-10(2)12-4-3-11(19)7-14(12)20/h3-4,7,10,15,17,21,24H,5-6,8H2,1-2H3,(H,22,25)(H,23,26)/t10-,15?,17?/m0/s1. The van der Waals surface area contributed by atoms with E-state index in [2.05, 4.69) is 21.5 Å². The monoisotopic (exact) mass is 364 g/mol. The first-order chi connectivity index (χ1) is 12.4. The maximum absolute atomic E-state index is 13.8. The molecule has 6 nitrogen and oxygen atoms in total. The molecule has 1 aromatic rings. The van der Waals surface area contributed by atoms with E-state index in [0.29, 0.717) is 5.57 Å². The second kappa shape index (κ2) is 7.51. The van der Waals surface area contributed by atoms with Gasteiger partial charge in [0.25, 0.3) is 0 Å². The van der Waals surface area contributed by atoms with E-state index in [4.69, 9.17) is 0 Å². The van der Waals surface area contributed by atoms with Crippen LogP contribution in [0.15, 0.2) is 29.3 Å². The van der Waals surface area contributed by atoms with E-state index in [-0.39, 0.29) is 30.0 Å². The lowest BCUT2D eigenvalue weighted by Crippen LogP contribution is -2.62. The number of fused-ring (bicyclic) bond motifs is 1. The summed E-state index contributed by atoms with van der Waals surface area (Å²) >= 11 is 0. The summed E-state index contributed by atoms with van der Waals surface area (Å²) in [6.07, 6.45) is 0.705. The van der Waals surface area contributed by atoms with Gasteiger partial charge in [-0.15, -0.1) is 0 Å². The van der Waals surface area contributed by atoms with Crippen molar-refractivity contribution in [1.29, 1.82) is 0 Å². The Morgan fingerprint density at radius 2 is 2.15 bits per heavy atom. The minimum absolute atomic E-state index is 0.00259. The van der Waals surface area contributed by atoms with Gasteiger partial charge in [0.05, 0.1) is 24.5 Å². The highest BCUT2D eigenvalue weighted by Gasteiger charge is 2.35. The molecule has 8 heteroatoms. The van der Waals surface area contributed by atoms with Gasteiger partial charge in [0.2, 0.25) is 11.8 Å². The molecule has 3 rings (SSSR count). The first kappa shape index (κ1) is 18.5. The Morgan fingerprint density at radius 3 is 2.88 bits per heavy atom. The van der Waals surface area contributed by atoms with Crippen molar-refractivity contribution in [2.24, 2.45) is 0 Å². The molecule has 2 amide bonds. The van der Waals surface area contributed by atoms with Crippen LogP contribution >= 0.6 is 0 Å². The lowest BCUT2D eigenvalue weighted by molar-refractivity contribution is -0.124. The molecule has 1 saturated heterocycles. The molecule has 4 N–H and O–H groups in total. The summed E-state index contributed by atoms with van der Waals surface area (Å²) in [5.41, 5.74) is 7.62. The topological polar surface area (TPSA) is 82.3 Å². The molecule has 2 heterocycles. The van der Waals surface area contributed by atoms with Crippen LogP contribution in [-0.2, 0) is 9.59 Å². The number of benzene rings is 1. The van der Waals surface area contributed by atoms with Crippen LogP contribution in [0, 0.1) is 11.6 Å². The van der Waals surface area contributed by atoms with Crippen LogP contribution in [0.4, 0.5) is 8.78 Å². The van der Waals surface area contributed by atoms with Gasteiger partial charge in [0.1, 0.15) is 11.6 Å². The molecule has 0 saturated carbocycles. The molecule has 0 aliphatic carbocycles. The molecule has 2 aliphatic heterocycles. The quantitative estimate of drug-likeness (QED) is 0.647. The number of hydrogen-bond donors (Lipinski definition) is 4. The van der Waals surface area contributed by atoms with Gasteiger partial charge in [-0.2, -0.15) is 0 Å². The van der Waals surface area contributed by atoms with Crippen molar-refractivity contribution < 1.29 is 18.4 Å². The summed E-state index contributed by atoms with van der Waals surface area (Å²) in [6, 6.07) is 2.53. The number of carbonyl (C=O) groups excluding carboxylic acids is 2. The zero-order chi connectivity index (χ0) is 18.8. The zero-order valence-electron chi connectivity index (χ0n) is 14.7. The van der Waals surface area contributed by atoms with E-state index >= 15 is 0 Å². The van der Waals surface area contributed by atoms with E-state index in [1.54, 1.807) is 6.92 Å². The van der Waals surface area contributed by atoms with E-state index in [1.165, 1.54) is 6.07 Å². The Morgan fingerprint density at radius 1 is 1.38 bits per heavy atom. The highest BCUT2D eigenvalue weighted by molar-refractivity contribution is 6.00. The fraction of sp³-hybridized carbons (Fsp3) is 0.444. The summed E-state index contributed by atoms with van der Waals surface area (Å²) in [6.45, 7) is 4.20. The van der Waals surface area contributed by atoms with Crippen LogP contribution < -0.4 is 21.5 Å². The van der Waals surface area contributed by atoms with Crippen LogP contribution in [0.25, 0.3) is 0 Å². The first-order valence-corrected chi connectivity index (χ1v) is 8.60. The minimum atomic E-state index is -0.719. The Bertz CT molecular complexity index is 766. The van der Waals surface area contributed by atoms with Gasteiger partial charge in [0.15, 0.2) is 0 Å². The third-order valence-electron chi connectivity index (χ3n) is 4.92. The summed E-state index contributed by atoms with van der Waals surface area (Å²) in [5, 5.41) is 5.59. The van der Waals surface area contributed by atoms with Gasteiger partial charge in [-0.3, -0.25) is 15.0 Å². The Kier molecular flexibility index (Phi) is 5.33. The predicted molar refractivity (Wildman–Crippen MR) is 91.7 cm³/mol. The summed E-state index contributed by atoms with van der Waals surface area (Å²) < 4.78 is 26.9. The lowest BCUT2D eigenvalue weighted by atomic mass is 9.87. The normalized spacial score (nSPS) is 23.9. The molecular weight excluding hydrogens is 342 g/mol. The molecular formula is C18H22F2N4O2. The van der Waals surface area contributed by atoms with Crippen LogP contribution in [0.1, 0.15) is 38.3 Å². The number of rotatable bonds is 4. The van der Waals surface area contributed by atoms with Gasteiger partial charge in [-0.25, -0.2) is 14.2 Å². The Hall–Kier alpha value is -2.32. The smallest absolute Gasteiger partial charge is 0.248 e. The van der Waals surface area contributed by atoms with Crippen LogP contribution in [0.2, 0.25) is 0 Å². The number of carbonyl (C=O) groups is 2. The SMILES string of the molecule is CC1=C(CC(=O)N[C@@H](C)c2ccc(F)cc2F)C(=O)NC2CCNNC12. The molecule has 2 aliphatic rings. The van der Waals surface area contributed by atoms with Gasteiger partial charge >= 0.3 is 0 Å². The fourth-order valence-electron chi connectivity index (χ4n) is 3.47. The lowest BCUT2D eigenvalue weighted by Gasteiger charge is -2.38. The number of nitrogens with one attached hydrogen (secondary N) is 4. The van der Waals surface area contributed by atoms with Crippen LogP contribution in [-0.4, -0.2) is 30.4 Å². The average Bonchev–Trinajstić information content (AvgIpc) is 2.58. The van der Waals surface area contributed by atoms with Crippen molar-refractivity contribution in [3.05, 3.63) is 46.5 Å². The Balaban J connectivity index is 1.69. The molecule has 0 spiro atoms. The van der Waals surface area contributed by atoms with E-state index in [1.807, 2.05) is 6.92 Å². The maximum Gasteiger partial charge on any atom is 0.248 e. The Labute approximate surface area is 150 Å². The second-order valence-electron chi connectivity index (χ2n) is 6.71. The maximum atomic E-state index is 13.8. The van der Waals surface area contributed by atoms with Gasteiger partial charge in [0, 0.05) is 23.7 Å². The van der Waals surface area contributed by atoms with Crippen molar-refractivity contribution in [3.63, 3.8) is 0 Å². The molecule has 1 aromatic carbocycles. The van der Waals surface area contributed by atoms with Crippen molar-refractivity contribution in [2.45, 2.75) is 44.8 Å². The second-order valence-corrected chi connectivity index (χ2v) is 6.71. The molecule has 26 heavy (non-hydrogen) atoms. The van der Waals surface area contributed by atoms with Crippen molar-refractivity contribution in [3.8, 4) is 0 Å². The van der Waals surface area contributed by atoms with Gasteiger partial charge < -0.3 is 10.6 Å². The van der Waals surface area contributed by atoms with Crippen LogP contribution in [0.3, 0.4) is 0 Å². The molecule has 2 unspecified atom stereocenters. The minimum Gasteiger partial charge on any atom is -0.349 e. The largest absolute Gasteiger partial charge is 0.349 e. The number of hydrazine groups is 1. The van der Waals surface area contributed by atoms with E-state index in [9.17, 15) is 18.4 Å². The van der Waals surface area contributed by atoms with E-state index in [0.717, 1.165) is 30.7 Å². The first-order valence-electron chi connectivity index (χ1n) is 8.60. The number of amides is 2. The summed E-state index contributed by atoms with van der Waals surface area (Å²) in [4.78, 5) is 24.7. The molecule has 0 radical (unpaired) electrons. The number of hydrogen-bond acceptors (Lipinski definition) is 4. The highest BCUT2D eigenvalue weighted by Crippen LogP contribution is 2.24. The van der Waals surface area contributed by atoms with E-state index < -0.39 is 23.6 Å². The zero-order valence-corrected chi connectivity index (χ0v) is 14.7. The highest BCUT2D eigenvalue weighted by atomic mass is 19.1. The molecule has 1 fully saturated rings. The van der Waals surface area contributed by atoms with Gasteiger partial charge in [-0.05, 0) is 31.9 Å². The summed E-state index contributed by atoms with van der Waals surface area (Å²) in [7, 11) is 0. The molecule has 140 valence electrons. The summed E-state index contributed by atoms with van der Waals surface area (Å²) in [5.74, 6) is -2.03.